The van der Waals surface area contributed by atoms with E-state index in [2.05, 4.69) is 25.8 Å². The number of aromatic nitrogens is 3. The molecule has 1 saturated heterocycles. The van der Waals surface area contributed by atoms with Gasteiger partial charge in [-0.2, -0.15) is 4.98 Å². The van der Waals surface area contributed by atoms with Crippen LogP contribution in [0.25, 0.3) is 11.5 Å². The van der Waals surface area contributed by atoms with Gasteiger partial charge in [-0.1, -0.05) is 5.16 Å². The summed E-state index contributed by atoms with van der Waals surface area (Å²) in [4.78, 5) is 20.8. The number of carbonyl (C=O) groups is 1. The molecule has 1 aliphatic rings. The number of oxazole rings is 1. The van der Waals surface area contributed by atoms with Crippen LogP contribution in [0, 0.1) is 0 Å². The Balaban J connectivity index is 0.00000240. The highest BCUT2D eigenvalue weighted by Crippen LogP contribution is 2.22. The third kappa shape index (κ3) is 5.12. The Morgan fingerprint density at radius 1 is 1.31 bits per heavy atom. The monoisotopic (exact) mass is 419 g/mol. The molecule has 0 saturated carbocycles. The van der Waals surface area contributed by atoms with Crippen LogP contribution >= 0.6 is 12.4 Å². The number of nitrogens with one attached hydrogen (secondary N) is 2. The second-order valence-corrected chi connectivity index (χ2v) is 6.52. The molecule has 1 aliphatic heterocycles. The van der Waals surface area contributed by atoms with Gasteiger partial charge in [-0.05, 0) is 43.7 Å². The average Bonchev–Trinajstić information content (AvgIpc) is 3.49. The fourth-order valence-electron chi connectivity index (χ4n) is 3.04. The Hall–Kier alpha value is -2.91. The zero-order chi connectivity index (χ0) is 19.3. The van der Waals surface area contributed by atoms with Crippen molar-refractivity contribution >= 4 is 18.3 Å². The third-order valence-corrected chi connectivity index (χ3v) is 4.53. The summed E-state index contributed by atoms with van der Waals surface area (Å²) in [5.74, 6) is 2.08. The third-order valence-electron chi connectivity index (χ3n) is 4.53. The van der Waals surface area contributed by atoms with Crippen LogP contribution in [0.2, 0.25) is 0 Å². The molecule has 3 aromatic rings. The second-order valence-electron chi connectivity index (χ2n) is 6.52. The van der Waals surface area contributed by atoms with Crippen molar-refractivity contribution in [2.45, 2.75) is 31.8 Å². The van der Waals surface area contributed by atoms with E-state index >= 15 is 0 Å². The van der Waals surface area contributed by atoms with E-state index in [1.165, 1.54) is 0 Å². The molecule has 1 fully saturated rings. The first-order chi connectivity index (χ1) is 13.7. The molecule has 0 aliphatic carbocycles. The fourth-order valence-corrected chi connectivity index (χ4v) is 3.04. The number of benzene rings is 1. The van der Waals surface area contributed by atoms with Crippen molar-refractivity contribution in [3.63, 3.8) is 0 Å². The van der Waals surface area contributed by atoms with Gasteiger partial charge in [0.05, 0.1) is 31.8 Å². The van der Waals surface area contributed by atoms with Gasteiger partial charge in [-0.25, -0.2) is 4.98 Å². The molecule has 154 valence electrons. The number of carbonyl (C=O) groups excluding carboxylic acids is 1. The minimum absolute atomic E-state index is 0. The van der Waals surface area contributed by atoms with Crippen LogP contribution in [0.3, 0.4) is 0 Å². The predicted molar refractivity (Wildman–Crippen MR) is 106 cm³/mol. The topological polar surface area (TPSA) is 115 Å². The van der Waals surface area contributed by atoms with E-state index in [-0.39, 0.29) is 30.9 Å². The number of rotatable bonds is 7. The molecule has 2 N–H and O–H groups in total. The number of amides is 1. The van der Waals surface area contributed by atoms with E-state index in [1.807, 2.05) is 24.3 Å². The van der Waals surface area contributed by atoms with E-state index in [1.54, 1.807) is 13.4 Å². The summed E-state index contributed by atoms with van der Waals surface area (Å²) in [5, 5.41) is 9.90. The van der Waals surface area contributed by atoms with Crippen LogP contribution in [0.1, 0.15) is 30.3 Å². The Labute approximate surface area is 173 Å². The van der Waals surface area contributed by atoms with Crippen LogP contribution in [0.4, 0.5) is 0 Å². The molecule has 0 spiro atoms. The summed E-state index contributed by atoms with van der Waals surface area (Å²) < 4.78 is 15.9. The Bertz CT molecular complexity index is 934. The van der Waals surface area contributed by atoms with E-state index in [0.717, 1.165) is 30.7 Å². The van der Waals surface area contributed by atoms with Gasteiger partial charge in [0.2, 0.25) is 17.7 Å². The smallest absolute Gasteiger partial charge is 0.246 e. The van der Waals surface area contributed by atoms with Crippen molar-refractivity contribution in [2.75, 3.05) is 13.7 Å². The van der Waals surface area contributed by atoms with Crippen LogP contribution < -0.4 is 15.4 Å². The van der Waals surface area contributed by atoms with Gasteiger partial charge in [0, 0.05) is 5.56 Å². The number of hydrogen-bond donors (Lipinski definition) is 2. The Morgan fingerprint density at radius 2 is 2.14 bits per heavy atom. The summed E-state index contributed by atoms with van der Waals surface area (Å²) in [6.45, 7) is 1.08. The maximum Gasteiger partial charge on any atom is 0.246 e. The molecule has 1 amide bonds. The predicted octanol–water partition coefficient (Wildman–Crippen LogP) is 2.11. The number of halogens is 1. The first kappa shape index (κ1) is 20.8. The van der Waals surface area contributed by atoms with Gasteiger partial charge in [0.1, 0.15) is 12.0 Å². The number of nitrogens with zero attached hydrogens (tertiary/aromatic N) is 3. The molecule has 2 aromatic heterocycles. The second kappa shape index (κ2) is 9.53. The van der Waals surface area contributed by atoms with Gasteiger partial charge in [0.25, 0.3) is 0 Å². The van der Waals surface area contributed by atoms with Crippen LogP contribution in [0.15, 0.2) is 39.5 Å². The molecule has 29 heavy (non-hydrogen) atoms. The molecule has 1 unspecified atom stereocenters. The fraction of sp³-hybridized carbons (Fsp3) is 0.368. The van der Waals surface area contributed by atoms with Gasteiger partial charge in [-0.3, -0.25) is 4.79 Å². The van der Waals surface area contributed by atoms with Crippen molar-refractivity contribution < 1.29 is 18.5 Å². The van der Waals surface area contributed by atoms with E-state index in [4.69, 9.17) is 13.7 Å². The summed E-state index contributed by atoms with van der Waals surface area (Å²) in [6.07, 6.45) is 3.81. The molecular weight excluding hydrogens is 398 g/mol. The minimum Gasteiger partial charge on any atom is -0.497 e. The molecule has 9 nitrogen and oxygen atoms in total. The normalized spacial score (nSPS) is 15.7. The van der Waals surface area contributed by atoms with Crippen LogP contribution in [-0.4, -0.2) is 40.7 Å². The van der Waals surface area contributed by atoms with Crippen molar-refractivity contribution in [2.24, 2.45) is 0 Å². The lowest BCUT2D eigenvalue weighted by Gasteiger charge is -2.08. The molecule has 1 aromatic carbocycles. The van der Waals surface area contributed by atoms with E-state index in [0.29, 0.717) is 29.7 Å². The zero-order valence-corrected chi connectivity index (χ0v) is 16.7. The summed E-state index contributed by atoms with van der Waals surface area (Å²) in [6, 6.07) is 7.32. The summed E-state index contributed by atoms with van der Waals surface area (Å²) in [7, 11) is 1.62. The quantitative estimate of drug-likeness (QED) is 0.598. The number of ether oxygens (including phenoxy) is 1. The molecular formula is C19H22ClN5O4. The van der Waals surface area contributed by atoms with E-state index < -0.39 is 0 Å². The first-order valence-corrected chi connectivity index (χ1v) is 9.12. The maximum atomic E-state index is 12.0. The number of methoxy groups -OCH3 is 1. The highest BCUT2D eigenvalue weighted by Gasteiger charge is 2.22. The van der Waals surface area contributed by atoms with Gasteiger partial charge in [-0.15, -0.1) is 12.4 Å². The standard InChI is InChI=1S/C19H21N5O4.ClH/c1-26-14-6-4-12(5-7-14)19-22-13(11-27-19)9-16-23-17(28-24-16)10-21-18(25)15-3-2-8-20-15;/h4-7,11,15,20H,2-3,8-10H2,1H3,(H,21,25);1H. The lowest BCUT2D eigenvalue weighted by Crippen LogP contribution is -2.40. The average molecular weight is 420 g/mol. The SMILES string of the molecule is COc1ccc(-c2nc(Cc3noc(CNC(=O)C4CCCN4)n3)co2)cc1.Cl. The highest BCUT2D eigenvalue weighted by molar-refractivity contribution is 5.85. The van der Waals surface area contributed by atoms with Gasteiger partial charge < -0.3 is 24.3 Å². The minimum atomic E-state index is -0.131. The van der Waals surface area contributed by atoms with Gasteiger partial charge in [0.15, 0.2) is 5.82 Å². The van der Waals surface area contributed by atoms with Crippen molar-refractivity contribution in [3.05, 3.63) is 47.9 Å². The van der Waals surface area contributed by atoms with Crippen molar-refractivity contribution in [3.8, 4) is 17.2 Å². The zero-order valence-electron chi connectivity index (χ0n) is 15.9. The van der Waals surface area contributed by atoms with Crippen molar-refractivity contribution in [1.29, 1.82) is 0 Å². The molecule has 0 bridgehead atoms. The van der Waals surface area contributed by atoms with Crippen molar-refractivity contribution in [1.82, 2.24) is 25.8 Å². The molecule has 10 heteroatoms. The Morgan fingerprint density at radius 3 is 2.86 bits per heavy atom. The Kier molecular flexibility index (Phi) is 6.84. The largest absolute Gasteiger partial charge is 0.497 e. The summed E-state index contributed by atoms with van der Waals surface area (Å²) >= 11 is 0. The molecule has 1 atom stereocenters. The first-order valence-electron chi connectivity index (χ1n) is 9.12. The van der Waals surface area contributed by atoms with E-state index in [9.17, 15) is 4.79 Å². The van der Waals surface area contributed by atoms with Crippen LogP contribution in [-0.2, 0) is 17.8 Å². The van der Waals surface area contributed by atoms with Crippen LogP contribution in [0.5, 0.6) is 5.75 Å². The van der Waals surface area contributed by atoms with Gasteiger partial charge >= 0.3 is 0 Å². The maximum absolute atomic E-state index is 12.0. The molecule has 0 radical (unpaired) electrons. The summed E-state index contributed by atoms with van der Waals surface area (Å²) in [5.41, 5.74) is 1.54. The highest BCUT2D eigenvalue weighted by atomic mass is 35.5. The lowest BCUT2D eigenvalue weighted by molar-refractivity contribution is -0.123. The number of hydrogen-bond acceptors (Lipinski definition) is 8. The molecule has 3 heterocycles. The molecule has 4 rings (SSSR count). The lowest BCUT2D eigenvalue weighted by atomic mass is 10.2.